The van der Waals surface area contributed by atoms with E-state index in [0.29, 0.717) is 5.56 Å². The zero-order valence-electron chi connectivity index (χ0n) is 15.6. The topological polar surface area (TPSA) is 76.7 Å². The third kappa shape index (κ3) is 5.37. The number of carbonyl (C=O) groups is 2. The van der Waals surface area contributed by atoms with Crippen molar-refractivity contribution in [2.75, 3.05) is 12.4 Å². The van der Waals surface area contributed by atoms with Crippen LogP contribution in [0.15, 0.2) is 18.2 Å². The number of amides is 1. The SMILES string of the molecule is COC(=O)c1cccc(NC2CCC(NC(=O)OC(C)(C)C)C2)c1C. The summed E-state index contributed by atoms with van der Waals surface area (Å²) in [4.78, 5) is 23.7. The number of hydrogen-bond acceptors (Lipinski definition) is 5. The molecule has 0 spiro atoms. The average molecular weight is 348 g/mol. The van der Waals surface area contributed by atoms with E-state index >= 15 is 0 Å². The van der Waals surface area contributed by atoms with Crippen molar-refractivity contribution in [2.24, 2.45) is 0 Å². The van der Waals surface area contributed by atoms with E-state index in [-0.39, 0.29) is 24.1 Å². The predicted molar refractivity (Wildman–Crippen MR) is 96.9 cm³/mol. The van der Waals surface area contributed by atoms with Gasteiger partial charge < -0.3 is 20.1 Å². The van der Waals surface area contributed by atoms with E-state index in [0.717, 1.165) is 30.5 Å². The number of nitrogens with one attached hydrogen (secondary N) is 2. The van der Waals surface area contributed by atoms with Crippen LogP contribution in [0.2, 0.25) is 0 Å². The molecule has 2 unspecified atom stereocenters. The maximum Gasteiger partial charge on any atom is 0.407 e. The number of benzene rings is 1. The van der Waals surface area contributed by atoms with Crippen LogP contribution in [0, 0.1) is 6.92 Å². The van der Waals surface area contributed by atoms with Crippen LogP contribution in [0.4, 0.5) is 10.5 Å². The van der Waals surface area contributed by atoms with Crippen molar-refractivity contribution in [1.29, 1.82) is 0 Å². The highest BCUT2D eigenvalue weighted by Gasteiger charge is 2.28. The third-order valence-electron chi connectivity index (χ3n) is 4.25. The number of hydrogen-bond donors (Lipinski definition) is 2. The zero-order valence-corrected chi connectivity index (χ0v) is 15.6. The van der Waals surface area contributed by atoms with Crippen LogP contribution in [0.1, 0.15) is 56.0 Å². The summed E-state index contributed by atoms with van der Waals surface area (Å²) in [5, 5.41) is 6.41. The van der Waals surface area contributed by atoms with Crippen molar-refractivity contribution in [2.45, 2.75) is 64.6 Å². The maximum absolute atomic E-state index is 11.9. The summed E-state index contributed by atoms with van der Waals surface area (Å²) in [7, 11) is 1.38. The number of methoxy groups -OCH3 is 1. The van der Waals surface area contributed by atoms with Crippen molar-refractivity contribution in [1.82, 2.24) is 5.32 Å². The lowest BCUT2D eigenvalue weighted by molar-refractivity contribution is 0.0504. The van der Waals surface area contributed by atoms with E-state index in [1.165, 1.54) is 7.11 Å². The van der Waals surface area contributed by atoms with Gasteiger partial charge in [0.2, 0.25) is 0 Å². The van der Waals surface area contributed by atoms with Crippen LogP contribution in [-0.2, 0) is 9.47 Å². The Morgan fingerprint density at radius 1 is 1.16 bits per heavy atom. The fourth-order valence-corrected chi connectivity index (χ4v) is 3.06. The molecule has 0 aliphatic heterocycles. The molecule has 6 heteroatoms. The second-order valence-corrected chi connectivity index (χ2v) is 7.47. The molecule has 1 aliphatic carbocycles. The molecule has 1 saturated carbocycles. The lowest BCUT2D eigenvalue weighted by atomic mass is 10.1. The monoisotopic (exact) mass is 348 g/mol. The molecule has 0 heterocycles. The minimum atomic E-state index is -0.494. The highest BCUT2D eigenvalue weighted by atomic mass is 16.6. The van der Waals surface area contributed by atoms with Crippen LogP contribution in [0.3, 0.4) is 0 Å². The molecule has 25 heavy (non-hydrogen) atoms. The third-order valence-corrected chi connectivity index (χ3v) is 4.25. The summed E-state index contributed by atoms with van der Waals surface area (Å²) in [6.07, 6.45) is 2.29. The Bertz CT molecular complexity index is 637. The first kappa shape index (κ1) is 19.1. The first-order chi connectivity index (χ1) is 11.7. The Hall–Kier alpha value is -2.24. The van der Waals surface area contributed by atoms with E-state index in [9.17, 15) is 9.59 Å². The van der Waals surface area contributed by atoms with Crippen LogP contribution in [0.5, 0.6) is 0 Å². The molecule has 6 nitrogen and oxygen atoms in total. The highest BCUT2D eigenvalue weighted by molar-refractivity contribution is 5.92. The lowest BCUT2D eigenvalue weighted by Crippen LogP contribution is -2.38. The molecule has 0 radical (unpaired) electrons. The normalized spacial score (nSPS) is 20.0. The van der Waals surface area contributed by atoms with Gasteiger partial charge in [-0.2, -0.15) is 0 Å². The molecule has 1 aromatic rings. The first-order valence-corrected chi connectivity index (χ1v) is 8.63. The average Bonchev–Trinajstić information content (AvgIpc) is 2.93. The van der Waals surface area contributed by atoms with Gasteiger partial charge in [-0.15, -0.1) is 0 Å². The Morgan fingerprint density at radius 2 is 1.84 bits per heavy atom. The predicted octanol–water partition coefficient (Wildman–Crippen LogP) is 3.64. The van der Waals surface area contributed by atoms with Crippen LogP contribution in [-0.4, -0.2) is 36.9 Å². The molecule has 0 aromatic heterocycles. The summed E-state index contributed by atoms with van der Waals surface area (Å²) in [6, 6.07) is 5.89. The van der Waals surface area contributed by atoms with E-state index in [4.69, 9.17) is 9.47 Å². The zero-order chi connectivity index (χ0) is 18.6. The fourth-order valence-electron chi connectivity index (χ4n) is 3.06. The number of carbonyl (C=O) groups excluding carboxylic acids is 2. The van der Waals surface area contributed by atoms with Gasteiger partial charge in [0, 0.05) is 17.8 Å². The summed E-state index contributed by atoms with van der Waals surface area (Å²) in [5.41, 5.74) is 1.86. The van der Waals surface area contributed by atoms with Crippen LogP contribution in [0.25, 0.3) is 0 Å². The molecule has 1 fully saturated rings. The molecule has 2 rings (SSSR count). The van der Waals surface area contributed by atoms with Gasteiger partial charge in [-0.3, -0.25) is 0 Å². The summed E-state index contributed by atoms with van der Waals surface area (Å²) in [5.74, 6) is -0.336. The smallest absolute Gasteiger partial charge is 0.407 e. The standard InChI is InChI=1S/C19H28N2O4/c1-12-15(17(22)24-5)7-6-8-16(12)20-13-9-10-14(11-13)21-18(23)25-19(2,3)4/h6-8,13-14,20H,9-11H2,1-5H3,(H,21,23). The van der Waals surface area contributed by atoms with Gasteiger partial charge >= 0.3 is 12.1 Å². The molecular formula is C19H28N2O4. The highest BCUT2D eigenvalue weighted by Crippen LogP contribution is 2.26. The molecule has 1 amide bonds. The van der Waals surface area contributed by atoms with Crippen molar-refractivity contribution < 1.29 is 19.1 Å². The lowest BCUT2D eigenvalue weighted by Gasteiger charge is -2.22. The van der Waals surface area contributed by atoms with Crippen molar-refractivity contribution in [3.8, 4) is 0 Å². The van der Waals surface area contributed by atoms with Gasteiger partial charge in [0.25, 0.3) is 0 Å². The van der Waals surface area contributed by atoms with Gasteiger partial charge in [0.05, 0.1) is 12.7 Å². The van der Waals surface area contributed by atoms with Gasteiger partial charge in [-0.25, -0.2) is 9.59 Å². The summed E-state index contributed by atoms with van der Waals surface area (Å²) in [6.45, 7) is 7.45. The van der Waals surface area contributed by atoms with Gasteiger partial charge in [-0.05, 0) is 64.7 Å². The van der Waals surface area contributed by atoms with Gasteiger partial charge in [-0.1, -0.05) is 6.07 Å². The number of anilines is 1. The van der Waals surface area contributed by atoms with Crippen molar-refractivity contribution in [3.05, 3.63) is 29.3 Å². The number of esters is 1. The van der Waals surface area contributed by atoms with E-state index in [1.807, 2.05) is 39.8 Å². The minimum Gasteiger partial charge on any atom is -0.465 e. The fraction of sp³-hybridized carbons (Fsp3) is 0.579. The van der Waals surface area contributed by atoms with Gasteiger partial charge in [0.1, 0.15) is 5.60 Å². The summed E-state index contributed by atoms with van der Waals surface area (Å²) >= 11 is 0. The molecule has 2 atom stereocenters. The number of ether oxygens (including phenoxy) is 2. The Kier molecular flexibility index (Phi) is 5.93. The van der Waals surface area contributed by atoms with Gasteiger partial charge in [0.15, 0.2) is 0 Å². The molecule has 1 aliphatic rings. The van der Waals surface area contributed by atoms with Crippen LogP contribution >= 0.6 is 0 Å². The Morgan fingerprint density at radius 3 is 2.48 bits per heavy atom. The maximum atomic E-state index is 11.9. The Balaban J connectivity index is 1.93. The van der Waals surface area contributed by atoms with E-state index in [1.54, 1.807) is 6.07 Å². The molecule has 0 saturated heterocycles. The summed E-state index contributed by atoms with van der Waals surface area (Å²) < 4.78 is 10.1. The van der Waals surface area contributed by atoms with E-state index in [2.05, 4.69) is 10.6 Å². The molecule has 138 valence electrons. The molecular weight excluding hydrogens is 320 g/mol. The first-order valence-electron chi connectivity index (χ1n) is 8.63. The minimum absolute atomic E-state index is 0.0939. The van der Waals surface area contributed by atoms with E-state index < -0.39 is 5.60 Å². The molecule has 1 aromatic carbocycles. The van der Waals surface area contributed by atoms with Crippen LogP contribution < -0.4 is 10.6 Å². The number of rotatable bonds is 4. The second kappa shape index (κ2) is 7.76. The second-order valence-electron chi connectivity index (χ2n) is 7.47. The molecule has 0 bridgehead atoms. The number of alkyl carbamates (subject to hydrolysis) is 1. The van der Waals surface area contributed by atoms with Crippen molar-refractivity contribution in [3.63, 3.8) is 0 Å². The Labute approximate surface area is 149 Å². The quantitative estimate of drug-likeness (QED) is 0.813. The largest absolute Gasteiger partial charge is 0.465 e. The van der Waals surface area contributed by atoms with Crippen molar-refractivity contribution >= 4 is 17.7 Å². The molecule has 2 N–H and O–H groups in total.